The fraction of sp³-hybridized carbons (Fsp3) is 0.550. The van der Waals surface area contributed by atoms with Crippen LogP contribution in [0.25, 0.3) is 0 Å². The van der Waals surface area contributed by atoms with Crippen molar-refractivity contribution in [1.29, 1.82) is 0 Å². The molecule has 1 aromatic heterocycles. The van der Waals surface area contributed by atoms with Gasteiger partial charge in [0, 0.05) is 20.0 Å². The molecule has 7 nitrogen and oxygen atoms in total. The molecule has 1 aliphatic heterocycles. The van der Waals surface area contributed by atoms with Crippen molar-refractivity contribution >= 4 is 5.96 Å². The van der Waals surface area contributed by atoms with E-state index >= 15 is 0 Å². The van der Waals surface area contributed by atoms with Crippen LogP contribution in [0.3, 0.4) is 0 Å². The smallest absolute Gasteiger partial charge is 0.191 e. The first-order valence-electron chi connectivity index (χ1n) is 9.94. The van der Waals surface area contributed by atoms with Crippen LogP contribution in [0.1, 0.15) is 49.4 Å². The van der Waals surface area contributed by atoms with Gasteiger partial charge in [-0.3, -0.25) is 4.99 Å². The molecule has 150 valence electrons. The molecule has 8 heteroatoms. The van der Waals surface area contributed by atoms with E-state index in [1.165, 1.54) is 18.9 Å². The SMILES string of the molecule is CN=C(NCc1nnc2n1CCC2)NC(C)c1ccc(OCC2CC2)c(F)c1. The van der Waals surface area contributed by atoms with Gasteiger partial charge >= 0.3 is 0 Å². The van der Waals surface area contributed by atoms with Gasteiger partial charge in [0.1, 0.15) is 5.82 Å². The molecule has 0 bridgehead atoms. The Morgan fingerprint density at radius 1 is 1.39 bits per heavy atom. The van der Waals surface area contributed by atoms with Gasteiger partial charge in [0.15, 0.2) is 23.4 Å². The summed E-state index contributed by atoms with van der Waals surface area (Å²) in [4.78, 5) is 4.26. The van der Waals surface area contributed by atoms with Crippen LogP contribution in [0, 0.1) is 11.7 Å². The third-order valence-electron chi connectivity index (χ3n) is 5.30. The number of ether oxygens (including phenoxy) is 1. The third kappa shape index (κ3) is 4.26. The first-order valence-corrected chi connectivity index (χ1v) is 9.94. The van der Waals surface area contributed by atoms with Gasteiger partial charge in [-0.15, -0.1) is 10.2 Å². The minimum Gasteiger partial charge on any atom is -0.490 e. The van der Waals surface area contributed by atoms with E-state index in [4.69, 9.17) is 4.74 Å². The van der Waals surface area contributed by atoms with E-state index in [-0.39, 0.29) is 11.9 Å². The molecule has 1 aromatic carbocycles. The van der Waals surface area contributed by atoms with Crippen LogP contribution in [-0.2, 0) is 19.5 Å². The van der Waals surface area contributed by atoms with Crippen LogP contribution in [0.5, 0.6) is 5.75 Å². The van der Waals surface area contributed by atoms with Gasteiger partial charge in [-0.2, -0.15) is 0 Å². The molecule has 1 saturated carbocycles. The van der Waals surface area contributed by atoms with Gasteiger partial charge in [0.05, 0.1) is 19.2 Å². The van der Waals surface area contributed by atoms with Crippen molar-refractivity contribution in [3.05, 3.63) is 41.2 Å². The number of halogens is 1. The molecule has 4 rings (SSSR count). The number of hydrogen-bond donors (Lipinski definition) is 2. The lowest BCUT2D eigenvalue weighted by Crippen LogP contribution is -2.38. The van der Waals surface area contributed by atoms with Gasteiger partial charge in [-0.05, 0) is 49.8 Å². The molecule has 1 fully saturated rings. The van der Waals surface area contributed by atoms with Crippen LogP contribution in [0.15, 0.2) is 23.2 Å². The molecule has 2 N–H and O–H groups in total. The highest BCUT2D eigenvalue weighted by atomic mass is 19.1. The van der Waals surface area contributed by atoms with E-state index in [0.29, 0.717) is 30.8 Å². The summed E-state index contributed by atoms with van der Waals surface area (Å²) in [5.74, 6) is 3.19. The summed E-state index contributed by atoms with van der Waals surface area (Å²) in [6, 6.07) is 5.02. The molecule has 2 aromatic rings. The zero-order valence-electron chi connectivity index (χ0n) is 16.4. The normalized spacial score (nSPS) is 17.3. The fourth-order valence-corrected chi connectivity index (χ4v) is 3.38. The Bertz CT molecular complexity index is 860. The molecule has 2 heterocycles. The summed E-state index contributed by atoms with van der Waals surface area (Å²) < 4.78 is 22.1. The van der Waals surface area contributed by atoms with E-state index in [2.05, 4.69) is 30.4 Å². The fourth-order valence-electron chi connectivity index (χ4n) is 3.38. The maximum absolute atomic E-state index is 14.3. The van der Waals surface area contributed by atoms with Gasteiger partial charge in [-0.25, -0.2) is 4.39 Å². The third-order valence-corrected chi connectivity index (χ3v) is 5.30. The van der Waals surface area contributed by atoms with E-state index in [1.54, 1.807) is 13.1 Å². The van der Waals surface area contributed by atoms with Crippen LogP contribution < -0.4 is 15.4 Å². The topological polar surface area (TPSA) is 76.4 Å². The van der Waals surface area contributed by atoms with Gasteiger partial charge in [0.2, 0.25) is 0 Å². The van der Waals surface area contributed by atoms with Crippen molar-refractivity contribution in [2.45, 2.75) is 51.7 Å². The average molecular weight is 386 g/mol. The van der Waals surface area contributed by atoms with Crippen molar-refractivity contribution in [1.82, 2.24) is 25.4 Å². The second-order valence-electron chi connectivity index (χ2n) is 7.52. The van der Waals surface area contributed by atoms with Crippen molar-refractivity contribution in [2.24, 2.45) is 10.9 Å². The standard InChI is InChI=1S/C20H27FN6O/c1-13(15-7-8-17(16(21)10-15)28-12-14-5-6-14)24-20(22-2)23-11-19-26-25-18-4-3-9-27(18)19/h7-8,10,13-14H,3-6,9,11-12H2,1-2H3,(H2,22,23,24). The Morgan fingerprint density at radius 2 is 2.25 bits per heavy atom. The number of aromatic nitrogens is 3. The molecule has 28 heavy (non-hydrogen) atoms. The van der Waals surface area contributed by atoms with E-state index < -0.39 is 0 Å². The predicted octanol–water partition coefficient (Wildman–Crippen LogP) is 2.58. The van der Waals surface area contributed by atoms with Gasteiger partial charge in [-0.1, -0.05) is 6.07 Å². The Labute approximate surface area is 164 Å². The van der Waals surface area contributed by atoms with Crippen LogP contribution in [0.4, 0.5) is 4.39 Å². The Hall–Kier alpha value is -2.64. The Balaban J connectivity index is 1.33. The highest BCUT2D eigenvalue weighted by Crippen LogP contribution is 2.30. The molecule has 0 radical (unpaired) electrons. The molecule has 1 aliphatic carbocycles. The van der Waals surface area contributed by atoms with Crippen molar-refractivity contribution in [3.63, 3.8) is 0 Å². The second kappa shape index (κ2) is 8.16. The summed E-state index contributed by atoms with van der Waals surface area (Å²) in [6.45, 7) is 4.09. The lowest BCUT2D eigenvalue weighted by Gasteiger charge is -2.19. The summed E-state index contributed by atoms with van der Waals surface area (Å²) in [5.41, 5.74) is 0.836. The monoisotopic (exact) mass is 386 g/mol. The number of nitrogens with zero attached hydrogens (tertiary/aromatic N) is 4. The molecular weight excluding hydrogens is 359 g/mol. The number of nitrogens with one attached hydrogen (secondary N) is 2. The van der Waals surface area contributed by atoms with Gasteiger partial charge < -0.3 is 19.9 Å². The molecule has 2 aliphatic rings. The molecule has 1 atom stereocenters. The van der Waals surface area contributed by atoms with E-state index in [1.807, 2.05) is 13.0 Å². The maximum Gasteiger partial charge on any atom is 0.191 e. The van der Waals surface area contributed by atoms with E-state index in [9.17, 15) is 4.39 Å². The number of rotatable bonds is 7. The largest absolute Gasteiger partial charge is 0.490 e. The first kappa shape index (κ1) is 18.7. The highest BCUT2D eigenvalue weighted by Gasteiger charge is 2.23. The molecule has 1 unspecified atom stereocenters. The van der Waals surface area contributed by atoms with Gasteiger partial charge in [0.25, 0.3) is 0 Å². The number of aryl methyl sites for hydroxylation is 1. The number of benzene rings is 1. The number of fused-ring (bicyclic) bond motifs is 1. The maximum atomic E-state index is 14.3. The first-order chi connectivity index (χ1) is 13.6. The molecular formula is C20H27FN6O. The van der Waals surface area contributed by atoms with E-state index in [0.717, 1.165) is 36.6 Å². The molecule has 0 saturated heterocycles. The average Bonchev–Trinajstić information content (AvgIpc) is 3.27. The Morgan fingerprint density at radius 3 is 3.00 bits per heavy atom. The summed E-state index contributed by atoms with van der Waals surface area (Å²) in [6.07, 6.45) is 4.48. The quantitative estimate of drug-likeness (QED) is 0.565. The summed E-state index contributed by atoms with van der Waals surface area (Å²) in [5, 5.41) is 15.0. The number of aliphatic imine (C=N–C) groups is 1. The predicted molar refractivity (Wildman–Crippen MR) is 105 cm³/mol. The molecule has 0 spiro atoms. The zero-order valence-corrected chi connectivity index (χ0v) is 16.4. The minimum absolute atomic E-state index is 0.109. The van der Waals surface area contributed by atoms with Crippen molar-refractivity contribution < 1.29 is 9.13 Å². The number of guanidine groups is 1. The Kier molecular flexibility index (Phi) is 5.45. The molecule has 0 amide bonds. The highest BCUT2D eigenvalue weighted by molar-refractivity contribution is 5.80. The van der Waals surface area contributed by atoms with Crippen molar-refractivity contribution in [2.75, 3.05) is 13.7 Å². The van der Waals surface area contributed by atoms with Crippen LogP contribution in [-0.4, -0.2) is 34.4 Å². The summed E-state index contributed by atoms with van der Waals surface area (Å²) in [7, 11) is 1.71. The zero-order chi connectivity index (χ0) is 19.5. The van der Waals surface area contributed by atoms with Crippen LogP contribution >= 0.6 is 0 Å². The van der Waals surface area contributed by atoms with Crippen molar-refractivity contribution in [3.8, 4) is 5.75 Å². The second-order valence-corrected chi connectivity index (χ2v) is 7.52. The lowest BCUT2D eigenvalue weighted by molar-refractivity contribution is 0.285. The minimum atomic E-state index is -0.325. The van der Waals surface area contributed by atoms with Crippen LogP contribution in [0.2, 0.25) is 0 Å². The summed E-state index contributed by atoms with van der Waals surface area (Å²) >= 11 is 0. The lowest BCUT2D eigenvalue weighted by atomic mass is 10.1. The number of hydrogen-bond acceptors (Lipinski definition) is 4.